The number of allylic oxidation sites excluding steroid dienone is 5. The van der Waals surface area contributed by atoms with E-state index in [0.29, 0.717) is 0 Å². The molecule has 1 fully saturated rings. The number of aromatic amines is 1. The lowest BCUT2D eigenvalue weighted by Crippen LogP contribution is -2.26. The molecule has 1 N–H and O–H groups in total. The average molecular weight is 342 g/mol. The van der Waals surface area contributed by atoms with Crippen molar-refractivity contribution in [2.75, 3.05) is 0 Å². The molecular weight excluding hydrogens is 306 g/mol. The Labute approximate surface area is 153 Å². The molecule has 1 heterocycles. The van der Waals surface area contributed by atoms with Gasteiger partial charge in [0.1, 0.15) is 5.82 Å². The van der Waals surface area contributed by atoms with E-state index in [9.17, 15) is 0 Å². The summed E-state index contributed by atoms with van der Waals surface area (Å²) in [5.41, 5.74) is 2.51. The molecule has 0 spiro atoms. The van der Waals surface area contributed by atoms with Crippen molar-refractivity contribution in [3.63, 3.8) is 0 Å². The molecule has 0 aromatic carbocycles. The number of nitrogens with zero attached hydrogens (tertiary/aromatic N) is 2. The number of unbranched alkanes of at least 4 members (excludes halogenated alkanes) is 4. The van der Waals surface area contributed by atoms with Crippen molar-refractivity contribution in [1.82, 2.24) is 15.2 Å². The summed E-state index contributed by atoms with van der Waals surface area (Å²) in [4.78, 5) is 4.90. The second-order valence-electron chi connectivity index (χ2n) is 7.63. The van der Waals surface area contributed by atoms with Gasteiger partial charge >= 0.3 is 0 Å². The molecule has 0 unspecified atom stereocenters. The molecule has 3 nitrogen and oxygen atoms in total. The third-order valence-electron chi connectivity index (χ3n) is 5.30. The molecule has 0 aliphatic heterocycles. The largest absolute Gasteiger partial charge is 0.263 e. The Balaban J connectivity index is 2.13. The molecular formula is C22H35N3. The molecule has 0 saturated heterocycles. The van der Waals surface area contributed by atoms with E-state index in [1.165, 1.54) is 56.1 Å². The van der Waals surface area contributed by atoms with Crippen LogP contribution in [0, 0.1) is 0 Å². The van der Waals surface area contributed by atoms with Crippen LogP contribution in [0.3, 0.4) is 0 Å². The van der Waals surface area contributed by atoms with E-state index in [1.54, 1.807) is 0 Å². The number of aromatic nitrogens is 3. The van der Waals surface area contributed by atoms with Gasteiger partial charge in [-0.15, -0.1) is 0 Å². The van der Waals surface area contributed by atoms with E-state index in [2.05, 4.69) is 49.7 Å². The molecule has 1 saturated carbocycles. The van der Waals surface area contributed by atoms with Crippen molar-refractivity contribution in [2.24, 2.45) is 0 Å². The van der Waals surface area contributed by atoms with Gasteiger partial charge in [0.05, 0.1) is 5.41 Å². The summed E-state index contributed by atoms with van der Waals surface area (Å²) in [6.07, 6.45) is 18.6. The highest BCUT2D eigenvalue weighted by Crippen LogP contribution is 2.45. The molecule has 1 aromatic heterocycles. The number of aryl methyl sites for hydroxylation is 1. The summed E-state index contributed by atoms with van der Waals surface area (Å²) in [7, 11) is 0. The highest BCUT2D eigenvalue weighted by Gasteiger charge is 2.41. The van der Waals surface area contributed by atoms with E-state index in [0.717, 1.165) is 30.9 Å². The van der Waals surface area contributed by atoms with Gasteiger partial charge in [0.2, 0.25) is 0 Å². The quantitative estimate of drug-likeness (QED) is 0.406. The highest BCUT2D eigenvalue weighted by atomic mass is 15.2. The van der Waals surface area contributed by atoms with Crippen molar-refractivity contribution >= 4 is 0 Å². The summed E-state index contributed by atoms with van der Waals surface area (Å²) in [5, 5.41) is 7.84. The van der Waals surface area contributed by atoms with Crippen LogP contribution in [-0.4, -0.2) is 15.2 Å². The Bertz CT molecular complexity index is 597. The zero-order valence-corrected chi connectivity index (χ0v) is 16.4. The molecule has 0 radical (unpaired) electrons. The number of hydrogen-bond acceptors (Lipinski definition) is 2. The molecule has 2 rings (SSSR count). The van der Waals surface area contributed by atoms with Crippen LogP contribution in [-0.2, 0) is 11.8 Å². The first-order valence-electron chi connectivity index (χ1n) is 10.0. The zero-order valence-electron chi connectivity index (χ0n) is 16.4. The standard InChI is InChI=1S/C22H35N3/c1-5-7-8-9-10-13-20-23-21(25-24-20)22(16-11-12-17-22)19(6-2)15-14-18(3)4/h6,14-15H,2,5,7-13,16-17H2,1,3-4H3,(H,23,24,25)/b19-15+. The first-order valence-corrected chi connectivity index (χ1v) is 10.0. The fourth-order valence-corrected chi connectivity index (χ4v) is 3.82. The third kappa shape index (κ3) is 5.17. The number of rotatable bonds is 10. The fourth-order valence-electron chi connectivity index (χ4n) is 3.82. The lowest BCUT2D eigenvalue weighted by molar-refractivity contribution is 0.499. The lowest BCUT2D eigenvalue weighted by atomic mass is 9.77. The van der Waals surface area contributed by atoms with Crippen LogP contribution < -0.4 is 0 Å². The molecule has 0 atom stereocenters. The van der Waals surface area contributed by atoms with Crippen LogP contribution in [0.2, 0.25) is 0 Å². The molecule has 1 aliphatic rings. The summed E-state index contributed by atoms with van der Waals surface area (Å²) < 4.78 is 0. The van der Waals surface area contributed by atoms with E-state index < -0.39 is 0 Å². The summed E-state index contributed by atoms with van der Waals surface area (Å²) in [5.74, 6) is 2.02. The van der Waals surface area contributed by atoms with Crippen molar-refractivity contribution in [1.29, 1.82) is 0 Å². The van der Waals surface area contributed by atoms with Crippen molar-refractivity contribution in [3.8, 4) is 0 Å². The Kier molecular flexibility index (Phi) is 7.67. The van der Waals surface area contributed by atoms with Gasteiger partial charge in [0, 0.05) is 6.42 Å². The predicted octanol–water partition coefficient (Wildman–Crippen LogP) is 6.21. The van der Waals surface area contributed by atoms with E-state index in [-0.39, 0.29) is 5.41 Å². The average Bonchev–Trinajstić information content (AvgIpc) is 3.25. The zero-order chi connectivity index (χ0) is 18.1. The molecule has 1 aliphatic carbocycles. The van der Waals surface area contributed by atoms with E-state index in [1.807, 2.05) is 6.08 Å². The van der Waals surface area contributed by atoms with Crippen LogP contribution in [0.4, 0.5) is 0 Å². The van der Waals surface area contributed by atoms with Gasteiger partial charge in [0.15, 0.2) is 5.82 Å². The minimum Gasteiger partial charge on any atom is -0.263 e. The smallest absolute Gasteiger partial charge is 0.161 e. The van der Waals surface area contributed by atoms with Crippen molar-refractivity contribution < 1.29 is 0 Å². The van der Waals surface area contributed by atoms with Crippen molar-refractivity contribution in [3.05, 3.63) is 47.6 Å². The minimum atomic E-state index is -0.0509. The third-order valence-corrected chi connectivity index (χ3v) is 5.30. The SMILES string of the molecule is C=C/C(=C\C=C(C)C)C1(c2n[nH]c(CCCCCCC)n2)CCCC1. The topological polar surface area (TPSA) is 41.6 Å². The van der Waals surface area contributed by atoms with Gasteiger partial charge in [-0.25, -0.2) is 4.98 Å². The molecule has 0 amide bonds. The molecule has 138 valence electrons. The number of H-pyrrole nitrogens is 1. The first-order chi connectivity index (χ1) is 12.1. The first kappa shape index (κ1) is 19.7. The second-order valence-corrected chi connectivity index (χ2v) is 7.63. The normalized spacial score (nSPS) is 16.8. The van der Waals surface area contributed by atoms with Crippen molar-refractivity contribution in [2.45, 2.75) is 90.4 Å². The van der Waals surface area contributed by atoms with Crippen LogP contribution in [0.5, 0.6) is 0 Å². The summed E-state index contributed by atoms with van der Waals surface area (Å²) >= 11 is 0. The van der Waals surface area contributed by atoms with Crippen LogP contribution >= 0.6 is 0 Å². The lowest BCUT2D eigenvalue weighted by Gasteiger charge is -2.27. The fraction of sp³-hybridized carbons (Fsp3) is 0.636. The Hall–Kier alpha value is -1.64. The molecule has 0 bridgehead atoms. The minimum absolute atomic E-state index is 0.0509. The number of hydrogen-bond donors (Lipinski definition) is 1. The maximum atomic E-state index is 4.90. The molecule has 3 heteroatoms. The van der Waals surface area contributed by atoms with Crippen LogP contribution in [0.25, 0.3) is 0 Å². The Morgan fingerprint density at radius 3 is 2.48 bits per heavy atom. The van der Waals surface area contributed by atoms with Crippen LogP contribution in [0.1, 0.15) is 90.2 Å². The Morgan fingerprint density at radius 1 is 1.12 bits per heavy atom. The van der Waals surface area contributed by atoms with Gasteiger partial charge in [-0.05, 0) is 38.7 Å². The summed E-state index contributed by atoms with van der Waals surface area (Å²) in [6.45, 7) is 10.6. The van der Waals surface area contributed by atoms with Gasteiger partial charge in [-0.2, -0.15) is 5.10 Å². The van der Waals surface area contributed by atoms with E-state index >= 15 is 0 Å². The van der Waals surface area contributed by atoms with Crippen LogP contribution in [0.15, 0.2) is 36.0 Å². The van der Waals surface area contributed by atoms with Gasteiger partial charge in [-0.3, -0.25) is 5.10 Å². The van der Waals surface area contributed by atoms with Gasteiger partial charge < -0.3 is 0 Å². The number of nitrogens with one attached hydrogen (secondary N) is 1. The molecule has 1 aromatic rings. The van der Waals surface area contributed by atoms with Gasteiger partial charge in [0.25, 0.3) is 0 Å². The summed E-state index contributed by atoms with van der Waals surface area (Å²) in [6, 6.07) is 0. The maximum absolute atomic E-state index is 4.90. The van der Waals surface area contributed by atoms with E-state index in [4.69, 9.17) is 4.98 Å². The predicted molar refractivity (Wildman–Crippen MR) is 107 cm³/mol. The monoisotopic (exact) mass is 341 g/mol. The second kappa shape index (κ2) is 9.74. The highest BCUT2D eigenvalue weighted by molar-refractivity contribution is 5.39. The van der Waals surface area contributed by atoms with Gasteiger partial charge in [-0.1, -0.05) is 75.8 Å². The Morgan fingerprint density at radius 2 is 1.84 bits per heavy atom. The maximum Gasteiger partial charge on any atom is 0.161 e. The molecule has 25 heavy (non-hydrogen) atoms.